The number of rotatable bonds is 3. The van der Waals surface area contributed by atoms with Gasteiger partial charge in [0, 0.05) is 29.5 Å². The standard InChI is InChI=1S/C25H33NO3/c1-23(2,3)17-14-25(15-18(21(17)27)24(4,5)6)19(16-12-10-9-11-13-16)20(25)22(28)26(7)29-8/h9-15,19-20H,1-8H3/t19-,20+/m0/s1. The first kappa shape index (κ1) is 21.5. The normalized spacial score (nSPS) is 23.5. The number of ketones is 1. The van der Waals surface area contributed by atoms with Gasteiger partial charge in [0.2, 0.25) is 0 Å². The fourth-order valence-electron chi connectivity index (χ4n) is 4.50. The molecule has 1 spiro atoms. The Morgan fingerprint density at radius 3 is 1.86 bits per heavy atom. The second kappa shape index (κ2) is 6.94. The smallest absolute Gasteiger partial charge is 0.250 e. The van der Waals surface area contributed by atoms with Gasteiger partial charge in [-0.2, -0.15) is 0 Å². The van der Waals surface area contributed by atoms with Crippen LogP contribution in [0.25, 0.3) is 0 Å². The number of amides is 1. The zero-order valence-electron chi connectivity index (χ0n) is 18.9. The average Bonchev–Trinajstić information content (AvgIpc) is 3.28. The molecule has 0 N–H and O–H groups in total. The molecular formula is C25H33NO3. The van der Waals surface area contributed by atoms with Crippen molar-refractivity contribution in [3.63, 3.8) is 0 Å². The molecule has 1 saturated carbocycles. The number of nitrogens with zero attached hydrogens (tertiary/aromatic N) is 1. The van der Waals surface area contributed by atoms with E-state index in [9.17, 15) is 9.59 Å². The summed E-state index contributed by atoms with van der Waals surface area (Å²) in [6, 6.07) is 10.1. The van der Waals surface area contributed by atoms with Crippen molar-refractivity contribution >= 4 is 11.7 Å². The maximum absolute atomic E-state index is 13.4. The third-order valence-electron chi connectivity index (χ3n) is 6.20. The Bertz CT molecular complexity index is 847. The van der Waals surface area contributed by atoms with Crippen LogP contribution in [0.5, 0.6) is 0 Å². The van der Waals surface area contributed by atoms with E-state index in [1.165, 1.54) is 12.2 Å². The summed E-state index contributed by atoms with van der Waals surface area (Å²) >= 11 is 0. The molecule has 29 heavy (non-hydrogen) atoms. The molecule has 1 aromatic rings. The third-order valence-corrected chi connectivity index (χ3v) is 6.20. The van der Waals surface area contributed by atoms with Crippen LogP contribution in [-0.2, 0) is 14.4 Å². The fraction of sp³-hybridized carbons (Fsp3) is 0.520. The van der Waals surface area contributed by atoms with Crippen molar-refractivity contribution in [3.05, 3.63) is 59.2 Å². The molecule has 0 aliphatic heterocycles. The highest BCUT2D eigenvalue weighted by molar-refractivity contribution is 6.11. The Balaban J connectivity index is 2.23. The summed E-state index contributed by atoms with van der Waals surface area (Å²) in [6.45, 7) is 12.4. The van der Waals surface area contributed by atoms with Crippen LogP contribution in [0.4, 0.5) is 0 Å². The zero-order valence-corrected chi connectivity index (χ0v) is 18.9. The molecular weight excluding hydrogens is 362 g/mol. The lowest BCUT2D eigenvalue weighted by molar-refractivity contribution is -0.170. The monoisotopic (exact) mass is 395 g/mol. The summed E-state index contributed by atoms with van der Waals surface area (Å²) in [6.07, 6.45) is 4.16. The van der Waals surface area contributed by atoms with Gasteiger partial charge in [0.15, 0.2) is 5.78 Å². The van der Waals surface area contributed by atoms with Crippen molar-refractivity contribution < 1.29 is 14.4 Å². The number of allylic oxidation sites excluding steroid dienone is 4. The quantitative estimate of drug-likeness (QED) is 0.682. The largest absolute Gasteiger partial charge is 0.289 e. The van der Waals surface area contributed by atoms with Crippen LogP contribution >= 0.6 is 0 Å². The maximum Gasteiger partial charge on any atom is 0.250 e. The molecule has 0 bridgehead atoms. The van der Waals surface area contributed by atoms with Crippen molar-refractivity contribution in [2.75, 3.05) is 14.2 Å². The van der Waals surface area contributed by atoms with Crippen LogP contribution < -0.4 is 0 Å². The Kier molecular flexibility index (Phi) is 5.15. The number of carbonyl (C=O) groups excluding carboxylic acids is 2. The van der Waals surface area contributed by atoms with Crippen LogP contribution in [0.1, 0.15) is 53.0 Å². The highest BCUT2D eigenvalue weighted by Crippen LogP contribution is 2.70. The highest BCUT2D eigenvalue weighted by Gasteiger charge is 2.68. The predicted octanol–water partition coefficient (Wildman–Crippen LogP) is 4.93. The van der Waals surface area contributed by atoms with E-state index < -0.39 is 5.41 Å². The molecule has 1 fully saturated rings. The van der Waals surface area contributed by atoms with Crippen molar-refractivity contribution in [1.82, 2.24) is 5.06 Å². The summed E-state index contributed by atoms with van der Waals surface area (Å²) in [5, 5.41) is 1.31. The summed E-state index contributed by atoms with van der Waals surface area (Å²) in [5.41, 5.74) is 1.57. The molecule has 0 radical (unpaired) electrons. The lowest BCUT2D eigenvalue weighted by atomic mass is 9.69. The van der Waals surface area contributed by atoms with Crippen molar-refractivity contribution in [3.8, 4) is 0 Å². The van der Waals surface area contributed by atoms with E-state index in [4.69, 9.17) is 4.84 Å². The molecule has 2 aliphatic carbocycles. The van der Waals surface area contributed by atoms with Crippen molar-refractivity contribution in [2.45, 2.75) is 47.5 Å². The minimum absolute atomic E-state index is 0.0170. The number of hydrogen-bond donors (Lipinski definition) is 0. The van der Waals surface area contributed by atoms with E-state index in [2.05, 4.69) is 65.8 Å². The number of hydroxylamine groups is 2. The van der Waals surface area contributed by atoms with Crippen molar-refractivity contribution in [2.24, 2.45) is 22.2 Å². The van der Waals surface area contributed by atoms with Crippen LogP contribution in [0.3, 0.4) is 0 Å². The van der Waals surface area contributed by atoms with Gasteiger partial charge in [-0.3, -0.25) is 14.4 Å². The van der Waals surface area contributed by atoms with Gasteiger partial charge < -0.3 is 0 Å². The zero-order chi connectivity index (χ0) is 21.8. The molecule has 0 aromatic heterocycles. The Morgan fingerprint density at radius 1 is 0.966 bits per heavy atom. The Labute approximate surface area is 174 Å². The fourth-order valence-corrected chi connectivity index (χ4v) is 4.50. The summed E-state index contributed by atoms with van der Waals surface area (Å²) in [7, 11) is 3.15. The molecule has 2 atom stereocenters. The van der Waals surface area contributed by atoms with Gasteiger partial charge in [0.1, 0.15) is 0 Å². The SMILES string of the molecule is CON(C)C(=O)[C@H]1[C@H](c2ccccc2)C12C=C(C(C)(C)C)C(=O)C(C(C)(C)C)=C2. The van der Waals surface area contributed by atoms with Crippen LogP contribution in [0.2, 0.25) is 0 Å². The van der Waals surface area contributed by atoms with Crippen LogP contribution in [0.15, 0.2) is 53.6 Å². The molecule has 156 valence electrons. The molecule has 1 aromatic carbocycles. The van der Waals surface area contributed by atoms with E-state index in [1.807, 2.05) is 18.2 Å². The van der Waals surface area contributed by atoms with Gasteiger partial charge in [-0.25, -0.2) is 5.06 Å². The number of Topliss-reactive ketones (excluding diaryl/α,β-unsaturated/α-hetero) is 1. The third kappa shape index (κ3) is 3.59. The molecule has 4 nitrogen and oxygen atoms in total. The molecule has 4 heteroatoms. The minimum Gasteiger partial charge on any atom is -0.289 e. The number of carbonyl (C=O) groups is 2. The van der Waals surface area contributed by atoms with E-state index in [0.29, 0.717) is 0 Å². The summed E-state index contributed by atoms with van der Waals surface area (Å²) in [4.78, 5) is 31.8. The first-order valence-electron chi connectivity index (χ1n) is 10.2. The van der Waals surface area contributed by atoms with Gasteiger partial charge in [0.25, 0.3) is 5.91 Å². The number of benzene rings is 1. The van der Waals surface area contributed by atoms with E-state index in [0.717, 1.165) is 16.7 Å². The van der Waals surface area contributed by atoms with Gasteiger partial charge >= 0.3 is 0 Å². The van der Waals surface area contributed by atoms with Crippen LogP contribution in [0, 0.1) is 22.2 Å². The summed E-state index contributed by atoms with van der Waals surface area (Å²) < 4.78 is 0. The molecule has 3 rings (SSSR count). The van der Waals surface area contributed by atoms with Gasteiger partial charge in [-0.15, -0.1) is 0 Å². The number of hydrogen-bond acceptors (Lipinski definition) is 3. The lowest BCUT2D eigenvalue weighted by Gasteiger charge is -2.34. The topological polar surface area (TPSA) is 46.6 Å². The van der Waals surface area contributed by atoms with Crippen molar-refractivity contribution in [1.29, 1.82) is 0 Å². The lowest BCUT2D eigenvalue weighted by Crippen LogP contribution is -2.32. The second-order valence-corrected chi connectivity index (χ2v) is 10.3. The van der Waals surface area contributed by atoms with Crippen LogP contribution in [-0.4, -0.2) is 30.9 Å². The first-order chi connectivity index (χ1) is 13.3. The molecule has 0 heterocycles. The minimum atomic E-state index is -0.510. The maximum atomic E-state index is 13.4. The van der Waals surface area contributed by atoms with E-state index >= 15 is 0 Å². The van der Waals surface area contributed by atoms with E-state index in [1.54, 1.807) is 7.05 Å². The summed E-state index contributed by atoms with van der Waals surface area (Å²) in [5.74, 6) is -0.278. The highest BCUT2D eigenvalue weighted by atomic mass is 16.7. The Morgan fingerprint density at radius 2 is 1.45 bits per heavy atom. The predicted molar refractivity (Wildman–Crippen MR) is 115 cm³/mol. The first-order valence-corrected chi connectivity index (χ1v) is 10.2. The average molecular weight is 396 g/mol. The van der Waals surface area contributed by atoms with Gasteiger partial charge in [-0.05, 0) is 16.4 Å². The van der Waals surface area contributed by atoms with Gasteiger partial charge in [-0.1, -0.05) is 84.0 Å². The van der Waals surface area contributed by atoms with E-state index in [-0.39, 0.29) is 34.4 Å². The molecule has 1 amide bonds. The van der Waals surface area contributed by atoms with Gasteiger partial charge in [0.05, 0.1) is 13.0 Å². The molecule has 0 unspecified atom stereocenters. The molecule has 2 aliphatic rings. The second-order valence-electron chi connectivity index (χ2n) is 10.3. The molecule has 0 saturated heterocycles. The Hall–Kier alpha value is -2.20.